The van der Waals surface area contributed by atoms with Gasteiger partial charge in [0.15, 0.2) is 5.82 Å². The highest BCUT2D eigenvalue weighted by Gasteiger charge is 2.19. The molecule has 0 bridgehead atoms. The molecule has 20 heavy (non-hydrogen) atoms. The van der Waals surface area contributed by atoms with Gasteiger partial charge in [0.25, 0.3) is 0 Å². The normalized spacial score (nSPS) is 11.8. The zero-order valence-electron chi connectivity index (χ0n) is 12.9. The smallest absolute Gasteiger partial charge is 0.153 e. The van der Waals surface area contributed by atoms with Crippen LogP contribution in [0.25, 0.3) is 5.65 Å². The van der Waals surface area contributed by atoms with Gasteiger partial charge in [0, 0.05) is 19.3 Å². The second-order valence-electron chi connectivity index (χ2n) is 6.16. The lowest BCUT2D eigenvalue weighted by Crippen LogP contribution is -2.32. The number of pyridine rings is 1. The van der Waals surface area contributed by atoms with Crippen molar-refractivity contribution >= 4 is 11.5 Å². The van der Waals surface area contributed by atoms with Gasteiger partial charge in [-0.15, -0.1) is 0 Å². The average molecular weight is 275 g/mol. The third kappa shape index (κ3) is 3.12. The predicted molar refractivity (Wildman–Crippen MR) is 83.0 cm³/mol. The van der Waals surface area contributed by atoms with Gasteiger partial charge in [0.1, 0.15) is 5.65 Å². The Morgan fingerprint density at radius 3 is 2.35 bits per heavy atom. The van der Waals surface area contributed by atoms with Crippen LogP contribution in [0.1, 0.15) is 33.4 Å². The van der Waals surface area contributed by atoms with Crippen LogP contribution in [0.3, 0.4) is 0 Å². The minimum absolute atomic E-state index is 0.00715. The monoisotopic (exact) mass is 275 g/mol. The lowest BCUT2D eigenvalue weighted by Gasteiger charge is -2.27. The zero-order chi connectivity index (χ0) is 14.7. The van der Waals surface area contributed by atoms with Crippen LogP contribution in [0.2, 0.25) is 0 Å². The molecule has 2 heterocycles. The maximum Gasteiger partial charge on any atom is 0.153 e. The van der Waals surface area contributed by atoms with Crippen molar-refractivity contribution < 1.29 is 5.11 Å². The second kappa shape index (κ2) is 6.27. The highest BCUT2D eigenvalue weighted by molar-refractivity contribution is 5.55. The van der Waals surface area contributed by atoms with Crippen molar-refractivity contribution in [3.05, 3.63) is 30.1 Å². The van der Waals surface area contributed by atoms with Crippen molar-refractivity contribution in [3.63, 3.8) is 0 Å². The number of anilines is 1. The van der Waals surface area contributed by atoms with Crippen LogP contribution in [0.5, 0.6) is 0 Å². The fourth-order valence-electron chi connectivity index (χ4n) is 2.56. The highest BCUT2D eigenvalue weighted by Crippen LogP contribution is 2.23. The van der Waals surface area contributed by atoms with E-state index in [-0.39, 0.29) is 6.61 Å². The number of fused-ring (bicyclic) bond motifs is 1. The molecule has 2 aromatic heterocycles. The van der Waals surface area contributed by atoms with Crippen molar-refractivity contribution in [1.29, 1.82) is 0 Å². The van der Waals surface area contributed by atoms with Crippen LogP contribution in [-0.4, -0.2) is 27.6 Å². The van der Waals surface area contributed by atoms with Crippen molar-refractivity contribution in [3.8, 4) is 0 Å². The molecule has 110 valence electrons. The molecule has 0 aromatic carbocycles. The first kappa shape index (κ1) is 14.9. The molecule has 0 spiro atoms. The standard InChI is InChI=1S/C16H25N3O/c1-12(2)9-18(10-13(3)4)16-14(11-20)19-8-6-5-7-15(19)17-16/h5-8,12-13,20H,9-11H2,1-4H3. The molecule has 0 radical (unpaired) electrons. The first-order chi connectivity index (χ1) is 9.52. The van der Waals surface area contributed by atoms with E-state index in [1.807, 2.05) is 28.8 Å². The van der Waals surface area contributed by atoms with E-state index in [2.05, 4.69) is 32.6 Å². The Hall–Kier alpha value is -1.55. The largest absolute Gasteiger partial charge is 0.390 e. The molecule has 0 saturated heterocycles. The zero-order valence-corrected chi connectivity index (χ0v) is 12.9. The van der Waals surface area contributed by atoms with Gasteiger partial charge in [-0.1, -0.05) is 33.8 Å². The molecule has 4 nitrogen and oxygen atoms in total. The van der Waals surface area contributed by atoms with E-state index in [1.54, 1.807) is 0 Å². The van der Waals surface area contributed by atoms with Gasteiger partial charge in [0.05, 0.1) is 12.3 Å². The van der Waals surface area contributed by atoms with Crippen LogP contribution >= 0.6 is 0 Å². The lowest BCUT2D eigenvalue weighted by atomic mass is 10.1. The van der Waals surface area contributed by atoms with Crippen LogP contribution in [0.4, 0.5) is 5.82 Å². The Kier molecular flexibility index (Phi) is 4.65. The van der Waals surface area contributed by atoms with Crippen LogP contribution in [0, 0.1) is 11.8 Å². The summed E-state index contributed by atoms with van der Waals surface area (Å²) in [5.74, 6) is 2.04. The second-order valence-corrected chi connectivity index (χ2v) is 6.16. The topological polar surface area (TPSA) is 40.8 Å². The van der Waals surface area contributed by atoms with Gasteiger partial charge < -0.3 is 10.0 Å². The fourth-order valence-corrected chi connectivity index (χ4v) is 2.56. The summed E-state index contributed by atoms with van der Waals surface area (Å²) in [6.07, 6.45) is 1.96. The average Bonchev–Trinajstić information content (AvgIpc) is 2.75. The summed E-state index contributed by atoms with van der Waals surface area (Å²) < 4.78 is 1.98. The number of hydrogen-bond acceptors (Lipinski definition) is 3. The van der Waals surface area contributed by atoms with Gasteiger partial charge >= 0.3 is 0 Å². The number of nitrogens with zero attached hydrogens (tertiary/aromatic N) is 3. The number of aliphatic hydroxyl groups excluding tert-OH is 1. The molecule has 1 N–H and O–H groups in total. The molecule has 2 rings (SSSR count). The molecule has 0 aliphatic heterocycles. The molecule has 0 aliphatic rings. The van der Waals surface area contributed by atoms with Crippen molar-refractivity contribution in [1.82, 2.24) is 9.38 Å². The first-order valence-electron chi connectivity index (χ1n) is 7.34. The third-order valence-electron chi connectivity index (χ3n) is 3.23. The molecule has 4 heteroatoms. The van der Waals surface area contributed by atoms with Crippen LogP contribution in [0.15, 0.2) is 24.4 Å². The number of imidazole rings is 1. The molecule has 0 amide bonds. The Bertz CT molecular complexity index is 550. The molecule has 0 atom stereocenters. The minimum atomic E-state index is 0.00715. The highest BCUT2D eigenvalue weighted by atomic mass is 16.3. The van der Waals surface area contributed by atoms with E-state index in [0.29, 0.717) is 11.8 Å². The predicted octanol–water partition coefficient (Wildman–Crippen LogP) is 2.95. The third-order valence-corrected chi connectivity index (χ3v) is 3.23. The van der Waals surface area contributed by atoms with Gasteiger partial charge in [-0.2, -0.15) is 0 Å². The van der Waals surface area contributed by atoms with Gasteiger partial charge in [-0.25, -0.2) is 4.98 Å². The molecule has 0 unspecified atom stereocenters. The van der Waals surface area contributed by atoms with Crippen molar-refractivity contribution in [2.24, 2.45) is 11.8 Å². The number of rotatable bonds is 6. The van der Waals surface area contributed by atoms with Gasteiger partial charge in [0.2, 0.25) is 0 Å². The van der Waals surface area contributed by atoms with Gasteiger partial charge in [-0.3, -0.25) is 4.40 Å². The maximum atomic E-state index is 9.73. The molecule has 0 fully saturated rings. The van der Waals surface area contributed by atoms with Gasteiger partial charge in [-0.05, 0) is 24.0 Å². The first-order valence-corrected chi connectivity index (χ1v) is 7.34. The summed E-state index contributed by atoms with van der Waals surface area (Å²) in [5.41, 5.74) is 1.77. The Morgan fingerprint density at radius 2 is 1.80 bits per heavy atom. The van der Waals surface area contributed by atoms with E-state index >= 15 is 0 Å². The molecular formula is C16H25N3O. The molecule has 0 saturated carbocycles. The summed E-state index contributed by atoms with van der Waals surface area (Å²) in [7, 11) is 0. The molecular weight excluding hydrogens is 250 g/mol. The SMILES string of the molecule is CC(C)CN(CC(C)C)c1nc2ccccn2c1CO. The summed E-state index contributed by atoms with van der Waals surface area (Å²) in [6.45, 7) is 10.8. The van der Waals surface area contributed by atoms with E-state index in [0.717, 1.165) is 30.2 Å². The summed E-state index contributed by atoms with van der Waals surface area (Å²) in [6, 6.07) is 5.92. The van der Waals surface area contributed by atoms with E-state index in [9.17, 15) is 5.11 Å². The molecule has 2 aromatic rings. The lowest BCUT2D eigenvalue weighted by molar-refractivity contribution is 0.276. The maximum absolute atomic E-state index is 9.73. The Balaban J connectivity index is 2.45. The van der Waals surface area contributed by atoms with E-state index in [1.165, 1.54) is 0 Å². The Labute approximate surface area is 121 Å². The van der Waals surface area contributed by atoms with E-state index < -0.39 is 0 Å². The Morgan fingerprint density at radius 1 is 1.15 bits per heavy atom. The van der Waals surface area contributed by atoms with E-state index in [4.69, 9.17) is 4.98 Å². The number of aliphatic hydroxyl groups is 1. The van der Waals surface area contributed by atoms with Crippen molar-refractivity contribution in [2.45, 2.75) is 34.3 Å². The van der Waals surface area contributed by atoms with Crippen LogP contribution < -0.4 is 4.90 Å². The van der Waals surface area contributed by atoms with Crippen LogP contribution in [-0.2, 0) is 6.61 Å². The molecule has 0 aliphatic carbocycles. The minimum Gasteiger partial charge on any atom is -0.390 e. The summed E-state index contributed by atoms with van der Waals surface area (Å²) in [4.78, 5) is 7.02. The fraction of sp³-hybridized carbons (Fsp3) is 0.562. The number of hydrogen-bond donors (Lipinski definition) is 1. The van der Waals surface area contributed by atoms with Crippen molar-refractivity contribution in [2.75, 3.05) is 18.0 Å². The summed E-state index contributed by atoms with van der Waals surface area (Å²) in [5, 5.41) is 9.73. The summed E-state index contributed by atoms with van der Waals surface area (Å²) >= 11 is 0. The quantitative estimate of drug-likeness (QED) is 0.881. The number of aromatic nitrogens is 2.